The molecule has 0 aliphatic carbocycles. The van der Waals surface area contributed by atoms with E-state index in [0.717, 1.165) is 4.88 Å². The van der Waals surface area contributed by atoms with Crippen LogP contribution in [-0.4, -0.2) is 10.2 Å². The zero-order valence-corrected chi connectivity index (χ0v) is 6.29. The summed E-state index contributed by atoms with van der Waals surface area (Å²) in [5.41, 5.74) is 1.98. The molecule has 0 spiro atoms. The fraction of sp³-hybridized carbons (Fsp3) is 0.200. The van der Waals surface area contributed by atoms with Crippen LogP contribution in [0.25, 0.3) is 0 Å². The lowest BCUT2D eigenvalue weighted by Gasteiger charge is -1.83. The van der Waals surface area contributed by atoms with E-state index in [1.807, 2.05) is 6.92 Å². The second kappa shape index (κ2) is 2.45. The molecule has 0 amide bonds. The number of hydrogen-bond acceptors (Lipinski definition) is 3. The van der Waals surface area contributed by atoms with E-state index in [1.54, 1.807) is 5.51 Å². The molecule has 0 radical (unpaired) electrons. The van der Waals surface area contributed by atoms with Crippen LogP contribution >= 0.6 is 22.9 Å². The minimum atomic E-state index is -0.478. The van der Waals surface area contributed by atoms with Crippen molar-refractivity contribution in [1.82, 2.24) is 4.98 Å². The van der Waals surface area contributed by atoms with E-state index in [0.29, 0.717) is 5.69 Å². The zero-order valence-electron chi connectivity index (χ0n) is 4.72. The summed E-state index contributed by atoms with van der Waals surface area (Å²) in [5.74, 6) is 0. The fourth-order valence-corrected chi connectivity index (χ4v) is 1.31. The maximum atomic E-state index is 10.4. The average Bonchev–Trinajstić information content (AvgIpc) is 2.13. The van der Waals surface area contributed by atoms with Gasteiger partial charge >= 0.3 is 0 Å². The molecule has 0 unspecified atom stereocenters. The van der Waals surface area contributed by atoms with Gasteiger partial charge in [-0.2, -0.15) is 0 Å². The van der Waals surface area contributed by atoms with Gasteiger partial charge in [0.25, 0.3) is 5.24 Å². The highest BCUT2D eigenvalue weighted by Gasteiger charge is 2.06. The van der Waals surface area contributed by atoms with E-state index in [9.17, 15) is 4.79 Å². The summed E-state index contributed by atoms with van der Waals surface area (Å²) in [4.78, 5) is 15.1. The predicted molar refractivity (Wildman–Crippen MR) is 37.0 cm³/mol. The maximum Gasteiger partial charge on any atom is 0.271 e. The molecule has 4 heteroatoms. The second-order valence-electron chi connectivity index (χ2n) is 1.53. The molecule has 1 rings (SSSR count). The molecule has 0 aliphatic heterocycles. The van der Waals surface area contributed by atoms with Crippen molar-refractivity contribution in [3.63, 3.8) is 0 Å². The SMILES string of the molecule is Cc1scnc1C(=O)Cl. The van der Waals surface area contributed by atoms with Gasteiger partial charge in [-0.1, -0.05) is 0 Å². The fourth-order valence-electron chi connectivity index (χ4n) is 0.494. The molecule has 1 heterocycles. The van der Waals surface area contributed by atoms with Gasteiger partial charge in [0, 0.05) is 4.88 Å². The van der Waals surface area contributed by atoms with Crippen LogP contribution in [0.4, 0.5) is 0 Å². The van der Waals surface area contributed by atoms with Crippen molar-refractivity contribution in [2.45, 2.75) is 6.92 Å². The van der Waals surface area contributed by atoms with Crippen LogP contribution in [0.5, 0.6) is 0 Å². The molecule has 0 fully saturated rings. The number of hydrogen-bond donors (Lipinski definition) is 0. The Morgan fingerprint density at radius 1 is 1.89 bits per heavy atom. The van der Waals surface area contributed by atoms with Crippen molar-refractivity contribution >= 4 is 28.2 Å². The highest BCUT2D eigenvalue weighted by molar-refractivity contribution is 7.10. The predicted octanol–water partition coefficient (Wildman–Crippen LogP) is 1.83. The Morgan fingerprint density at radius 2 is 2.56 bits per heavy atom. The van der Waals surface area contributed by atoms with Gasteiger partial charge in [0.05, 0.1) is 5.51 Å². The van der Waals surface area contributed by atoms with E-state index in [2.05, 4.69) is 4.98 Å². The molecular weight excluding hydrogens is 158 g/mol. The molecule has 0 N–H and O–H groups in total. The van der Waals surface area contributed by atoms with Crippen LogP contribution < -0.4 is 0 Å². The summed E-state index contributed by atoms with van der Waals surface area (Å²) in [5, 5.41) is -0.478. The number of thiazole rings is 1. The maximum absolute atomic E-state index is 10.4. The van der Waals surface area contributed by atoms with Crippen molar-refractivity contribution in [3.05, 3.63) is 16.1 Å². The van der Waals surface area contributed by atoms with Crippen LogP contribution in [0.2, 0.25) is 0 Å². The third-order valence-electron chi connectivity index (χ3n) is 0.931. The Bertz CT molecular complexity index is 233. The zero-order chi connectivity index (χ0) is 6.85. The van der Waals surface area contributed by atoms with Gasteiger partial charge < -0.3 is 0 Å². The van der Waals surface area contributed by atoms with Crippen LogP contribution in [0.3, 0.4) is 0 Å². The minimum Gasteiger partial charge on any atom is -0.274 e. The van der Waals surface area contributed by atoms with Gasteiger partial charge in [-0.25, -0.2) is 4.98 Å². The summed E-state index contributed by atoms with van der Waals surface area (Å²) >= 11 is 6.57. The summed E-state index contributed by atoms with van der Waals surface area (Å²) in [6.45, 7) is 1.81. The molecule has 48 valence electrons. The monoisotopic (exact) mass is 161 g/mol. The Labute approximate surface area is 61.5 Å². The number of halogens is 1. The molecule has 0 aliphatic rings. The number of carbonyl (C=O) groups is 1. The lowest BCUT2D eigenvalue weighted by atomic mass is 10.4. The van der Waals surface area contributed by atoms with Crippen molar-refractivity contribution in [2.24, 2.45) is 0 Å². The summed E-state index contributed by atoms with van der Waals surface area (Å²) in [6, 6.07) is 0. The van der Waals surface area contributed by atoms with Crippen molar-refractivity contribution in [2.75, 3.05) is 0 Å². The first-order valence-electron chi connectivity index (χ1n) is 2.31. The minimum absolute atomic E-state index is 0.377. The standard InChI is InChI=1S/C5H4ClNOS/c1-3-4(5(6)8)7-2-9-3/h2H,1H3. The lowest BCUT2D eigenvalue weighted by molar-refractivity contribution is 0.107. The number of aromatic nitrogens is 1. The molecule has 0 aromatic carbocycles. The van der Waals surface area contributed by atoms with E-state index in [-0.39, 0.29) is 0 Å². The molecule has 1 aromatic rings. The van der Waals surface area contributed by atoms with Crippen molar-refractivity contribution in [1.29, 1.82) is 0 Å². The third-order valence-corrected chi connectivity index (χ3v) is 1.87. The van der Waals surface area contributed by atoms with Crippen molar-refractivity contribution < 1.29 is 4.79 Å². The first kappa shape index (κ1) is 6.71. The molecular formula is C5H4ClNOS. The van der Waals surface area contributed by atoms with Gasteiger partial charge in [-0.05, 0) is 18.5 Å². The van der Waals surface area contributed by atoms with Crippen LogP contribution in [0, 0.1) is 6.92 Å². The number of aryl methyl sites for hydroxylation is 1. The molecule has 0 saturated carbocycles. The topological polar surface area (TPSA) is 30.0 Å². The Morgan fingerprint density at radius 3 is 2.78 bits per heavy atom. The number of rotatable bonds is 1. The Hall–Kier alpha value is -0.410. The van der Waals surface area contributed by atoms with Crippen molar-refractivity contribution in [3.8, 4) is 0 Å². The smallest absolute Gasteiger partial charge is 0.271 e. The Balaban J connectivity index is 3.08. The molecule has 2 nitrogen and oxygen atoms in total. The highest BCUT2D eigenvalue weighted by Crippen LogP contribution is 2.12. The van der Waals surface area contributed by atoms with E-state index in [1.165, 1.54) is 11.3 Å². The van der Waals surface area contributed by atoms with Gasteiger partial charge in [-0.15, -0.1) is 11.3 Å². The van der Waals surface area contributed by atoms with Crippen LogP contribution in [0.1, 0.15) is 15.4 Å². The summed E-state index contributed by atoms with van der Waals surface area (Å²) in [7, 11) is 0. The first-order chi connectivity index (χ1) is 4.22. The van der Waals surface area contributed by atoms with Gasteiger partial charge in [0.15, 0.2) is 0 Å². The van der Waals surface area contributed by atoms with Crippen LogP contribution in [-0.2, 0) is 0 Å². The summed E-state index contributed by atoms with van der Waals surface area (Å²) in [6.07, 6.45) is 0. The number of nitrogens with zero attached hydrogens (tertiary/aromatic N) is 1. The molecule has 0 bridgehead atoms. The van der Waals surface area contributed by atoms with E-state index in [4.69, 9.17) is 11.6 Å². The van der Waals surface area contributed by atoms with Gasteiger partial charge in [0.2, 0.25) is 0 Å². The number of carbonyl (C=O) groups excluding carboxylic acids is 1. The third kappa shape index (κ3) is 1.28. The van der Waals surface area contributed by atoms with Crippen LogP contribution in [0.15, 0.2) is 5.51 Å². The Kier molecular flexibility index (Phi) is 1.83. The van der Waals surface area contributed by atoms with E-state index >= 15 is 0 Å². The first-order valence-corrected chi connectivity index (χ1v) is 3.57. The normalized spacial score (nSPS) is 9.56. The average molecular weight is 162 g/mol. The molecule has 9 heavy (non-hydrogen) atoms. The molecule has 0 saturated heterocycles. The highest BCUT2D eigenvalue weighted by atomic mass is 35.5. The van der Waals surface area contributed by atoms with Gasteiger partial charge in [-0.3, -0.25) is 4.79 Å². The largest absolute Gasteiger partial charge is 0.274 e. The molecule has 1 aromatic heterocycles. The second-order valence-corrected chi connectivity index (χ2v) is 2.93. The van der Waals surface area contributed by atoms with E-state index < -0.39 is 5.24 Å². The summed E-state index contributed by atoms with van der Waals surface area (Å²) < 4.78 is 0. The molecule has 0 atom stereocenters. The lowest BCUT2D eigenvalue weighted by Crippen LogP contribution is -1.89. The quantitative estimate of drug-likeness (QED) is 0.589. The van der Waals surface area contributed by atoms with Gasteiger partial charge in [0.1, 0.15) is 5.69 Å².